The van der Waals surface area contributed by atoms with Crippen molar-refractivity contribution in [1.29, 1.82) is 0 Å². The molecule has 19 heavy (non-hydrogen) atoms. The quantitative estimate of drug-likeness (QED) is 0.534. The van der Waals surface area contributed by atoms with Crippen molar-refractivity contribution in [2.24, 2.45) is 0 Å². The summed E-state index contributed by atoms with van der Waals surface area (Å²) >= 11 is 1.13. The first kappa shape index (κ1) is 15.3. The lowest BCUT2D eigenvalue weighted by atomic mass is 10.2. The number of amides is 2. The van der Waals surface area contributed by atoms with Crippen LogP contribution in [0.3, 0.4) is 0 Å². The lowest BCUT2D eigenvalue weighted by Gasteiger charge is -2.13. The third-order valence-corrected chi connectivity index (χ3v) is 3.19. The average molecular weight is 283 g/mol. The van der Waals surface area contributed by atoms with E-state index in [0.717, 1.165) is 17.4 Å². The molecule has 0 saturated heterocycles. The highest BCUT2D eigenvalue weighted by Gasteiger charge is 2.05. The summed E-state index contributed by atoms with van der Waals surface area (Å²) in [6.45, 7) is 0. The van der Waals surface area contributed by atoms with Crippen LogP contribution in [-0.2, 0) is 9.59 Å². The highest BCUT2D eigenvalue weighted by atomic mass is 32.2. The van der Waals surface area contributed by atoms with E-state index in [2.05, 4.69) is 5.32 Å². The number of hydrogen-bond acceptors (Lipinski definition) is 5. The topological polar surface area (TPSA) is 81.7 Å². The van der Waals surface area contributed by atoms with E-state index >= 15 is 0 Å². The molecular weight excluding hydrogens is 266 g/mol. The van der Waals surface area contributed by atoms with Crippen molar-refractivity contribution >= 4 is 35.0 Å². The Bertz CT molecular complexity index is 434. The minimum atomic E-state index is -0.520. The predicted molar refractivity (Wildman–Crippen MR) is 76.7 cm³/mol. The van der Waals surface area contributed by atoms with Crippen LogP contribution < -0.4 is 15.7 Å². The Morgan fingerprint density at radius 3 is 2.26 bits per heavy atom. The molecular formula is C12H17N3O3S. The number of carbonyl (C=O) groups is 2. The second-order valence-corrected chi connectivity index (χ2v) is 5.00. The fourth-order valence-corrected chi connectivity index (χ4v) is 1.92. The molecule has 0 bridgehead atoms. The summed E-state index contributed by atoms with van der Waals surface area (Å²) < 4.78 is 0. The number of nitrogens with one attached hydrogen (secondary N) is 2. The second-order valence-electron chi connectivity index (χ2n) is 4.02. The molecule has 0 saturated carbocycles. The van der Waals surface area contributed by atoms with Gasteiger partial charge < -0.3 is 10.2 Å². The molecule has 1 rings (SSSR count). The highest BCUT2D eigenvalue weighted by Crippen LogP contribution is 2.15. The van der Waals surface area contributed by atoms with E-state index in [0.29, 0.717) is 5.69 Å². The third kappa shape index (κ3) is 5.62. The highest BCUT2D eigenvalue weighted by molar-refractivity contribution is 8.00. The maximum Gasteiger partial charge on any atom is 0.253 e. The molecule has 1 aromatic rings. The Morgan fingerprint density at radius 2 is 1.74 bits per heavy atom. The summed E-state index contributed by atoms with van der Waals surface area (Å²) in [6, 6.07) is 7.45. The molecule has 2 amide bonds. The van der Waals surface area contributed by atoms with Gasteiger partial charge in [-0.1, -0.05) is 0 Å². The van der Waals surface area contributed by atoms with E-state index in [9.17, 15) is 9.59 Å². The summed E-state index contributed by atoms with van der Waals surface area (Å²) in [7, 11) is 3.88. The van der Waals surface area contributed by atoms with Crippen LogP contribution in [0.4, 0.5) is 11.4 Å². The van der Waals surface area contributed by atoms with Gasteiger partial charge in [0.2, 0.25) is 5.91 Å². The molecule has 0 fully saturated rings. The lowest BCUT2D eigenvalue weighted by molar-refractivity contribution is -0.126. The second kappa shape index (κ2) is 7.65. The van der Waals surface area contributed by atoms with Crippen LogP contribution in [0.5, 0.6) is 0 Å². The standard InChI is InChI=1S/C12H17N3O3S/c1-15(2)10-5-3-9(4-6-10)13-11(16)7-19-8-12(17)14-18/h3-6,18H,7-8H2,1-2H3,(H,13,16)(H,14,17). The predicted octanol–water partition coefficient (Wildman–Crippen LogP) is 0.930. The van der Waals surface area contributed by atoms with Crippen molar-refractivity contribution in [3.8, 4) is 0 Å². The molecule has 104 valence electrons. The Labute approximate surface area is 116 Å². The van der Waals surface area contributed by atoms with Crippen LogP contribution >= 0.6 is 11.8 Å². The number of benzene rings is 1. The van der Waals surface area contributed by atoms with Gasteiger partial charge in [-0.05, 0) is 24.3 Å². The van der Waals surface area contributed by atoms with Gasteiger partial charge in [0.25, 0.3) is 5.91 Å². The minimum absolute atomic E-state index is 0.0451. The van der Waals surface area contributed by atoms with E-state index < -0.39 is 5.91 Å². The molecule has 0 radical (unpaired) electrons. The summed E-state index contributed by atoms with van der Waals surface area (Å²) in [4.78, 5) is 24.3. The number of hydrogen-bond donors (Lipinski definition) is 3. The first-order chi connectivity index (χ1) is 9.02. The Balaban J connectivity index is 2.38. The van der Waals surface area contributed by atoms with E-state index in [1.54, 1.807) is 0 Å². The summed E-state index contributed by atoms with van der Waals surface area (Å²) in [5.41, 5.74) is 3.27. The zero-order valence-corrected chi connectivity index (χ0v) is 11.7. The van der Waals surface area contributed by atoms with Crippen LogP contribution in [-0.4, -0.2) is 42.6 Å². The number of anilines is 2. The van der Waals surface area contributed by atoms with Gasteiger partial charge in [-0.3, -0.25) is 14.8 Å². The maximum absolute atomic E-state index is 11.6. The lowest BCUT2D eigenvalue weighted by Crippen LogP contribution is -2.22. The number of nitrogens with zero attached hydrogens (tertiary/aromatic N) is 1. The zero-order chi connectivity index (χ0) is 14.3. The normalized spacial score (nSPS) is 9.84. The van der Waals surface area contributed by atoms with Crippen molar-refractivity contribution < 1.29 is 14.8 Å². The molecule has 0 aliphatic carbocycles. The van der Waals surface area contributed by atoms with Crippen molar-refractivity contribution in [3.63, 3.8) is 0 Å². The summed E-state index contributed by atoms with van der Waals surface area (Å²) in [6.07, 6.45) is 0. The largest absolute Gasteiger partial charge is 0.378 e. The maximum atomic E-state index is 11.6. The molecule has 7 heteroatoms. The molecule has 0 spiro atoms. The molecule has 0 heterocycles. The number of thioether (sulfide) groups is 1. The smallest absolute Gasteiger partial charge is 0.253 e. The van der Waals surface area contributed by atoms with Crippen LogP contribution in [0.15, 0.2) is 24.3 Å². The van der Waals surface area contributed by atoms with Crippen molar-refractivity contribution in [2.75, 3.05) is 35.8 Å². The van der Waals surface area contributed by atoms with Gasteiger partial charge in [0.1, 0.15) is 0 Å². The van der Waals surface area contributed by atoms with Gasteiger partial charge in [-0.15, -0.1) is 11.8 Å². The monoisotopic (exact) mass is 283 g/mol. The number of carbonyl (C=O) groups excluding carboxylic acids is 2. The fourth-order valence-electron chi connectivity index (χ4n) is 1.31. The molecule has 6 nitrogen and oxygen atoms in total. The zero-order valence-electron chi connectivity index (χ0n) is 10.8. The van der Waals surface area contributed by atoms with Crippen LogP contribution in [0.25, 0.3) is 0 Å². The van der Waals surface area contributed by atoms with Crippen LogP contribution in [0.1, 0.15) is 0 Å². The first-order valence-electron chi connectivity index (χ1n) is 5.61. The van der Waals surface area contributed by atoms with E-state index in [1.165, 1.54) is 5.48 Å². The number of hydroxylamine groups is 1. The van der Waals surface area contributed by atoms with E-state index in [1.807, 2.05) is 43.3 Å². The SMILES string of the molecule is CN(C)c1ccc(NC(=O)CSCC(=O)NO)cc1. The van der Waals surface area contributed by atoms with Gasteiger partial charge >= 0.3 is 0 Å². The summed E-state index contributed by atoms with van der Waals surface area (Å²) in [5.74, 6) is -0.506. The van der Waals surface area contributed by atoms with Gasteiger partial charge in [-0.2, -0.15) is 0 Å². The van der Waals surface area contributed by atoms with Gasteiger partial charge in [0.15, 0.2) is 0 Å². The Kier molecular flexibility index (Phi) is 6.17. The number of rotatable bonds is 6. The molecule has 1 aromatic carbocycles. The van der Waals surface area contributed by atoms with Crippen molar-refractivity contribution in [3.05, 3.63) is 24.3 Å². The molecule has 0 aliphatic heterocycles. The van der Waals surface area contributed by atoms with Crippen molar-refractivity contribution in [2.45, 2.75) is 0 Å². The first-order valence-corrected chi connectivity index (χ1v) is 6.76. The Hall–Kier alpha value is -1.73. The van der Waals surface area contributed by atoms with Crippen LogP contribution in [0.2, 0.25) is 0 Å². The Morgan fingerprint density at radius 1 is 1.16 bits per heavy atom. The molecule has 0 unspecified atom stereocenters. The molecule has 0 aliphatic rings. The third-order valence-electron chi connectivity index (χ3n) is 2.26. The van der Waals surface area contributed by atoms with Crippen LogP contribution in [0, 0.1) is 0 Å². The van der Waals surface area contributed by atoms with Crippen molar-refractivity contribution in [1.82, 2.24) is 5.48 Å². The van der Waals surface area contributed by atoms with E-state index in [4.69, 9.17) is 5.21 Å². The molecule has 0 atom stereocenters. The minimum Gasteiger partial charge on any atom is -0.378 e. The van der Waals surface area contributed by atoms with E-state index in [-0.39, 0.29) is 17.4 Å². The molecule has 3 N–H and O–H groups in total. The summed E-state index contributed by atoms with van der Waals surface area (Å²) in [5, 5.41) is 11.0. The fraction of sp³-hybridized carbons (Fsp3) is 0.333. The van der Waals surface area contributed by atoms with Gasteiger partial charge in [-0.25, -0.2) is 5.48 Å². The van der Waals surface area contributed by atoms with Gasteiger partial charge in [0.05, 0.1) is 11.5 Å². The average Bonchev–Trinajstić information content (AvgIpc) is 2.39. The molecule has 0 aromatic heterocycles. The van der Waals surface area contributed by atoms with Gasteiger partial charge in [0, 0.05) is 25.5 Å².